The fraction of sp³-hybridized carbons (Fsp3) is 0.400. The van der Waals surface area contributed by atoms with Gasteiger partial charge in [-0.15, -0.1) is 0 Å². The maximum absolute atomic E-state index is 12.8. The number of hydrogen-bond donors (Lipinski definition) is 1. The first-order chi connectivity index (χ1) is 15.3. The second-order valence-electron chi connectivity index (χ2n) is 8.27. The van der Waals surface area contributed by atoms with Crippen LogP contribution in [0.25, 0.3) is 0 Å². The molecule has 1 aliphatic rings. The molecule has 1 unspecified atom stereocenters. The number of fused-ring (bicyclic) bond motifs is 1. The van der Waals surface area contributed by atoms with Crippen molar-refractivity contribution in [2.24, 2.45) is 0 Å². The molecule has 1 aliphatic heterocycles. The Hall–Kier alpha value is -3.35. The second-order valence-corrected chi connectivity index (χ2v) is 8.27. The number of hydrogen-bond acceptors (Lipinski definition) is 5. The Morgan fingerprint density at radius 1 is 1.16 bits per heavy atom. The number of nitrogens with one attached hydrogen (secondary N) is 1. The van der Waals surface area contributed by atoms with Gasteiger partial charge in [0.2, 0.25) is 5.91 Å². The lowest BCUT2D eigenvalue weighted by Gasteiger charge is -2.29. The van der Waals surface area contributed by atoms with Gasteiger partial charge in [-0.05, 0) is 55.2 Å². The zero-order chi connectivity index (χ0) is 23.3. The Bertz CT molecular complexity index is 1000. The van der Waals surface area contributed by atoms with E-state index in [0.717, 1.165) is 12.0 Å². The highest BCUT2D eigenvalue weighted by Gasteiger charge is 2.28. The number of rotatable bonds is 9. The molecule has 2 aromatic carbocycles. The molecule has 170 valence electrons. The third-order valence-corrected chi connectivity index (χ3v) is 5.44. The molecular weight excluding hydrogens is 408 g/mol. The smallest absolute Gasteiger partial charge is 0.265 e. The fourth-order valence-corrected chi connectivity index (χ4v) is 3.31. The Morgan fingerprint density at radius 3 is 2.66 bits per heavy atom. The fourth-order valence-electron chi connectivity index (χ4n) is 3.31. The van der Waals surface area contributed by atoms with Crippen LogP contribution in [-0.2, 0) is 9.59 Å². The van der Waals surface area contributed by atoms with E-state index in [2.05, 4.69) is 19.2 Å². The van der Waals surface area contributed by atoms with Gasteiger partial charge in [-0.1, -0.05) is 32.9 Å². The zero-order valence-electron chi connectivity index (χ0n) is 19.0. The third-order valence-electron chi connectivity index (χ3n) is 5.44. The summed E-state index contributed by atoms with van der Waals surface area (Å²) in [6, 6.07) is 12.5. The van der Waals surface area contributed by atoms with Crippen LogP contribution in [0, 0.1) is 0 Å². The number of anilines is 1. The van der Waals surface area contributed by atoms with E-state index in [1.165, 1.54) is 4.90 Å². The van der Waals surface area contributed by atoms with Crippen LogP contribution in [0.5, 0.6) is 11.5 Å². The Labute approximate surface area is 188 Å². The van der Waals surface area contributed by atoms with Gasteiger partial charge >= 0.3 is 0 Å². The zero-order valence-corrected chi connectivity index (χ0v) is 19.0. The predicted octanol–water partition coefficient (Wildman–Crippen LogP) is 3.71. The van der Waals surface area contributed by atoms with Gasteiger partial charge in [0.05, 0.1) is 5.69 Å². The first-order valence-corrected chi connectivity index (χ1v) is 10.9. The van der Waals surface area contributed by atoms with Crippen molar-refractivity contribution >= 4 is 23.3 Å². The molecule has 1 N–H and O–H groups in total. The lowest BCUT2D eigenvalue weighted by atomic mass is 10.0. The molecule has 1 atom stereocenters. The minimum absolute atomic E-state index is 0.0115. The molecule has 0 fully saturated rings. The van der Waals surface area contributed by atoms with E-state index >= 15 is 0 Å². The van der Waals surface area contributed by atoms with Gasteiger partial charge < -0.3 is 14.8 Å². The van der Waals surface area contributed by atoms with Crippen LogP contribution in [0.4, 0.5) is 5.69 Å². The molecule has 2 aromatic rings. The summed E-state index contributed by atoms with van der Waals surface area (Å²) < 4.78 is 11.2. The highest BCUT2D eigenvalue weighted by molar-refractivity contribution is 6.04. The minimum Gasteiger partial charge on any atom is -0.485 e. The molecule has 0 spiro atoms. The summed E-state index contributed by atoms with van der Waals surface area (Å²) in [6.45, 7) is 7.65. The highest BCUT2D eigenvalue weighted by atomic mass is 16.5. The number of carbonyl (C=O) groups is 3. The summed E-state index contributed by atoms with van der Waals surface area (Å²) in [5, 5.41) is 2.86. The molecule has 1 heterocycles. The van der Waals surface area contributed by atoms with Gasteiger partial charge in [0.1, 0.15) is 18.0 Å². The van der Waals surface area contributed by atoms with Crippen LogP contribution in [-0.4, -0.2) is 43.4 Å². The molecule has 7 heteroatoms. The highest BCUT2D eigenvalue weighted by Crippen LogP contribution is 2.33. The van der Waals surface area contributed by atoms with Crippen molar-refractivity contribution in [2.45, 2.75) is 46.1 Å². The maximum Gasteiger partial charge on any atom is 0.265 e. The largest absolute Gasteiger partial charge is 0.485 e. The van der Waals surface area contributed by atoms with Crippen LogP contribution < -0.4 is 19.7 Å². The van der Waals surface area contributed by atoms with E-state index in [9.17, 15) is 14.4 Å². The van der Waals surface area contributed by atoms with Gasteiger partial charge in [0.25, 0.3) is 5.91 Å². The minimum atomic E-state index is -0.330. The number of ketones is 1. The monoisotopic (exact) mass is 438 g/mol. The van der Waals surface area contributed by atoms with Gasteiger partial charge in [-0.25, -0.2) is 0 Å². The van der Waals surface area contributed by atoms with E-state index < -0.39 is 0 Å². The summed E-state index contributed by atoms with van der Waals surface area (Å²) in [6.07, 6.45) is 0.790. The molecule has 3 rings (SSSR count). The van der Waals surface area contributed by atoms with E-state index in [4.69, 9.17) is 9.47 Å². The maximum atomic E-state index is 12.8. The summed E-state index contributed by atoms with van der Waals surface area (Å²) in [7, 11) is 0. The number of Topliss-reactive ketones (excluding diaryl/α,β-unsaturated/α-hetero) is 1. The van der Waals surface area contributed by atoms with Crippen molar-refractivity contribution in [1.29, 1.82) is 0 Å². The topological polar surface area (TPSA) is 84.9 Å². The first kappa shape index (κ1) is 23.3. The first-order valence-electron chi connectivity index (χ1n) is 10.9. The molecule has 2 amide bonds. The normalized spacial score (nSPS) is 13.9. The molecule has 0 aliphatic carbocycles. The van der Waals surface area contributed by atoms with Crippen LogP contribution in [0.2, 0.25) is 0 Å². The number of nitrogens with zero attached hydrogens (tertiary/aromatic N) is 1. The van der Waals surface area contributed by atoms with Crippen molar-refractivity contribution in [1.82, 2.24) is 5.32 Å². The van der Waals surface area contributed by atoms with Crippen molar-refractivity contribution in [3.05, 3.63) is 53.6 Å². The molecular formula is C25H30N2O5. The number of ether oxygens (including phenoxy) is 2. The van der Waals surface area contributed by atoms with Crippen molar-refractivity contribution in [3.8, 4) is 11.5 Å². The predicted molar refractivity (Wildman–Crippen MR) is 123 cm³/mol. The third kappa shape index (κ3) is 5.66. The molecule has 7 nitrogen and oxygen atoms in total. The quantitative estimate of drug-likeness (QED) is 0.604. The van der Waals surface area contributed by atoms with Crippen molar-refractivity contribution < 1.29 is 23.9 Å². The Kier molecular flexibility index (Phi) is 7.51. The standard InChI is InChI=1S/C25H30N2O5/c1-5-17(4)26-24(29)13-27-21-12-19(9-10-23(21)32-15-25(27)30)22(28)14-31-20-8-6-7-18(11-20)16(2)3/h6-12,16-17H,5,13-15H2,1-4H3,(H,26,29). The van der Waals surface area contributed by atoms with Crippen molar-refractivity contribution in [2.75, 3.05) is 24.7 Å². The van der Waals surface area contributed by atoms with Gasteiger partial charge in [-0.3, -0.25) is 19.3 Å². The van der Waals surface area contributed by atoms with Gasteiger partial charge in [0, 0.05) is 11.6 Å². The molecule has 0 saturated carbocycles. The molecule has 32 heavy (non-hydrogen) atoms. The van der Waals surface area contributed by atoms with Gasteiger partial charge in [-0.2, -0.15) is 0 Å². The molecule has 0 aromatic heterocycles. The van der Waals surface area contributed by atoms with E-state index in [0.29, 0.717) is 28.7 Å². The number of amides is 2. The van der Waals surface area contributed by atoms with Crippen LogP contribution in [0.1, 0.15) is 56.0 Å². The summed E-state index contributed by atoms with van der Waals surface area (Å²) in [5.41, 5.74) is 1.92. The average Bonchev–Trinajstić information content (AvgIpc) is 2.79. The Balaban J connectivity index is 1.73. The van der Waals surface area contributed by atoms with Crippen LogP contribution >= 0.6 is 0 Å². The molecule has 0 saturated heterocycles. The van der Waals surface area contributed by atoms with Crippen molar-refractivity contribution in [3.63, 3.8) is 0 Å². The summed E-state index contributed by atoms with van der Waals surface area (Å²) in [5.74, 6) is 0.627. The van der Waals surface area contributed by atoms with E-state index in [1.54, 1.807) is 18.2 Å². The van der Waals surface area contributed by atoms with Gasteiger partial charge in [0.15, 0.2) is 19.0 Å². The Morgan fingerprint density at radius 2 is 1.94 bits per heavy atom. The van der Waals surface area contributed by atoms with Crippen LogP contribution in [0.3, 0.4) is 0 Å². The second kappa shape index (κ2) is 10.3. The lowest BCUT2D eigenvalue weighted by molar-refractivity contribution is -0.125. The molecule has 0 bridgehead atoms. The number of carbonyl (C=O) groups excluding carboxylic acids is 3. The average molecular weight is 439 g/mol. The van der Waals surface area contributed by atoms with E-state index in [-0.39, 0.29) is 43.4 Å². The summed E-state index contributed by atoms with van der Waals surface area (Å²) >= 11 is 0. The number of benzene rings is 2. The SMILES string of the molecule is CCC(C)NC(=O)CN1C(=O)COc2ccc(C(=O)COc3cccc(C(C)C)c3)cc21. The van der Waals surface area contributed by atoms with E-state index in [1.807, 2.05) is 38.1 Å². The summed E-state index contributed by atoms with van der Waals surface area (Å²) in [4.78, 5) is 38.9. The molecule has 0 radical (unpaired) electrons. The van der Waals surface area contributed by atoms with Crippen LogP contribution in [0.15, 0.2) is 42.5 Å². The lowest BCUT2D eigenvalue weighted by Crippen LogP contribution is -2.46.